The highest BCUT2D eigenvalue weighted by Crippen LogP contribution is 2.38. The number of rotatable bonds is 2. The Morgan fingerprint density at radius 3 is 2.60 bits per heavy atom. The second kappa shape index (κ2) is 6.65. The van der Waals surface area contributed by atoms with Gasteiger partial charge in [-0.3, -0.25) is 14.9 Å². The largest absolute Gasteiger partial charge is 0.333 e. The molecule has 4 N–H and O–H groups in total. The number of halogens is 1. The molecule has 25 heavy (non-hydrogen) atoms. The van der Waals surface area contributed by atoms with Crippen molar-refractivity contribution in [3.8, 4) is 0 Å². The summed E-state index contributed by atoms with van der Waals surface area (Å²) >= 11 is 0. The molecule has 0 aromatic heterocycles. The second-order valence-electron chi connectivity index (χ2n) is 6.77. The van der Waals surface area contributed by atoms with Crippen LogP contribution in [0.3, 0.4) is 0 Å². The van der Waals surface area contributed by atoms with E-state index in [0.29, 0.717) is 16.8 Å². The Morgan fingerprint density at radius 2 is 1.88 bits per heavy atom. The molecule has 0 bridgehead atoms. The van der Waals surface area contributed by atoms with Crippen LogP contribution < -0.4 is 21.3 Å². The Kier molecular flexibility index (Phi) is 4.71. The third-order valence-corrected chi connectivity index (χ3v) is 5.36. The highest BCUT2D eigenvalue weighted by molar-refractivity contribution is 6.22. The topological polar surface area (TPSA) is 99.3 Å². The lowest BCUT2D eigenvalue weighted by Crippen LogP contribution is -2.67. The van der Waals surface area contributed by atoms with Gasteiger partial charge in [0.25, 0.3) is 11.8 Å². The summed E-state index contributed by atoms with van der Waals surface area (Å²) in [5.41, 5.74) is 1.20. The molecule has 1 unspecified atom stereocenters. The van der Waals surface area contributed by atoms with Crippen LogP contribution in [0, 0.1) is 0 Å². The summed E-state index contributed by atoms with van der Waals surface area (Å²) in [5.74, 6) is -0.824. The molecule has 1 aromatic rings. The summed E-state index contributed by atoms with van der Waals surface area (Å²) < 4.78 is 0. The van der Waals surface area contributed by atoms with Gasteiger partial charge in [0, 0.05) is 17.3 Å². The molecule has 1 saturated carbocycles. The van der Waals surface area contributed by atoms with E-state index in [4.69, 9.17) is 0 Å². The van der Waals surface area contributed by atoms with E-state index < -0.39 is 11.8 Å². The summed E-state index contributed by atoms with van der Waals surface area (Å²) in [6.07, 6.45) is 5.41. The average molecular weight is 365 g/mol. The van der Waals surface area contributed by atoms with E-state index in [1.807, 2.05) is 0 Å². The van der Waals surface area contributed by atoms with Crippen molar-refractivity contribution in [2.45, 2.75) is 43.7 Å². The quantitative estimate of drug-likeness (QED) is 0.601. The van der Waals surface area contributed by atoms with Crippen LogP contribution in [0.25, 0.3) is 0 Å². The molecule has 8 heteroatoms. The maximum Gasteiger partial charge on any atom is 0.319 e. The van der Waals surface area contributed by atoms with Crippen molar-refractivity contribution in [3.05, 3.63) is 29.3 Å². The standard InChI is InChI=1S/C17H20N4O3.ClH/c22-14-11-5-4-10(9-12(11)15(23)21-14)19-16(24)20-13-3-1-8-18-17(13)6-2-7-17;/h4-5,9,13,18H,1-3,6-8H2,(H2,19,20,24)(H,21,22,23);1H. The molecule has 1 saturated heterocycles. The zero-order valence-electron chi connectivity index (χ0n) is 13.7. The number of fused-ring (bicyclic) bond motifs is 1. The van der Waals surface area contributed by atoms with Crippen molar-refractivity contribution < 1.29 is 14.4 Å². The molecule has 2 fully saturated rings. The number of urea groups is 1. The summed E-state index contributed by atoms with van der Waals surface area (Å²) in [6, 6.07) is 4.57. The van der Waals surface area contributed by atoms with Crippen LogP contribution in [-0.2, 0) is 0 Å². The molecule has 2 heterocycles. The van der Waals surface area contributed by atoms with E-state index in [2.05, 4.69) is 21.3 Å². The van der Waals surface area contributed by atoms with Gasteiger partial charge < -0.3 is 16.0 Å². The van der Waals surface area contributed by atoms with Gasteiger partial charge in [-0.2, -0.15) is 0 Å². The van der Waals surface area contributed by atoms with Gasteiger partial charge in [0.2, 0.25) is 0 Å². The molecule has 1 atom stereocenters. The van der Waals surface area contributed by atoms with E-state index in [0.717, 1.165) is 32.2 Å². The molecule has 3 aliphatic rings. The highest BCUT2D eigenvalue weighted by atomic mass is 35.5. The van der Waals surface area contributed by atoms with Gasteiger partial charge in [-0.05, 0) is 56.8 Å². The number of carbonyl (C=O) groups excluding carboxylic acids is 3. The number of amides is 4. The van der Waals surface area contributed by atoms with E-state index in [1.165, 1.54) is 12.5 Å². The molecule has 1 aromatic carbocycles. The normalized spacial score (nSPS) is 23.1. The number of nitrogens with one attached hydrogen (secondary N) is 4. The van der Waals surface area contributed by atoms with Crippen molar-refractivity contribution in [2.24, 2.45) is 0 Å². The van der Waals surface area contributed by atoms with Gasteiger partial charge in [-0.25, -0.2) is 4.79 Å². The predicted molar refractivity (Wildman–Crippen MR) is 95.2 cm³/mol. The van der Waals surface area contributed by atoms with E-state index in [1.54, 1.807) is 12.1 Å². The van der Waals surface area contributed by atoms with Crippen LogP contribution in [-0.4, -0.2) is 36.0 Å². The van der Waals surface area contributed by atoms with Crippen LogP contribution in [0.15, 0.2) is 18.2 Å². The number of anilines is 1. The van der Waals surface area contributed by atoms with Gasteiger partial charge >= 0.3 is 6.03 Å². The van der Waals surface area contributed by atoms with Crippen LogP contribution in [0.2, 0.25) is 0 Å². The Balaban J connectivity index is 0.00000182. The zero-order valence-corrected chi connectivity index (χ0v) is 14.5. The number of carbonyl (C=O) groups is 3. The van der Waals surface area contributed by atoms with Crippen molar-refractivity contribution in [1.82, 2.24) is 16.0 Å². The fourth-order valence-corrected chi connectivity index (χ4v) is 3.91. The van der Waals surface area contributed by atoms with Crippen LogP contribution >= 0.6 is 12.4 Å². The molecular formula is C17H21ClN4O3. The summed E-state index contributed by atoms with van der Waals surface area (Å²) in [7, 11) is 0. The van der Waals surface area contributed by atoms with Gasteiger partial charge in [-0.1, -0.05) is 0 Å². The molecule has 1 spiro atoms. The minimum atomic E-state index is -0.427. The summed E-state index contributed by atoms with van der Waals surface area (Å²) in [4.78, 5) is 35.6. The van der Waals surface area contributed by atoms with Crippen molar-refractivity contribution in [3.63, 3.8) is 0 Å². The van der Waals surface area contributed by atoms with Crippen molar-refractivity contribution in [2.75, 3.05) is 11.9 Å². The van der Waals surface area contributed by atoms with Gasteiger partial charge in [-0.15, -0.1) is 12.4 Å². The van der Waals surface area contributed by atoms with Gasteiger partial charge in [0.1, 0.15) is 0 Å². The Morgan fingerprint density at radius 1 is 1.12 bits per heavy atom. The maximum atomic E-state index is 12.3. The van der Waals surface area contributed by atoms with Crippen LogP contribution in [0.4, 0.5) is 10.5 Å². The number of piperidine rings is 1. The molecule has 7 nitrogen and oxygen atoms in total. The number of hydrogen-bond acceptors (Lipinski definition) is 4. The first-order valence-electron chi connectivity index (χ1n) is 8.40. The van der Waals surface area contributed by atoms with E-state index >= 15 is 0 Å². The average Bonchev–Trinajstić information content (AvgIpc) is 2.80. The zero-order chi connectivity index (χ0) is 16.7. The molecule has 4 rings (SSSR count). The number of imide groups is 1. The second-order valence-corrected chi connectivity index (χ2v) is 6.77. The number of benzene rings is 1. The Hall–Kier alpha value is -2.12. The first kappa shape index (κ1) is 17.7. The van der Waals surface area contributed by atoms with Crippen molar-refractivity contribution >= 4 is 35.9 Å². The molecule has 1 aliphatic carbocycles. The van der Waals surface area contributed by atoms with E-state index in [-0.39, 0.29) is 30.0 Å². The minimum Gasteiger partial charge on any atom is -0.333 e. The van der Waals surface area contributed by atoms with Crippen LogP contribution in [0.5, 0.6) is 0 Å². The third kappa shape index (κ3) is 3.09. The number of hydrogen-bond donors (Lipinski definition) is 4. The lowest BCUT2D eigenvalue weighted by molar-refractivity contribution is 0.0879. The lowest BCUT2D eigenvalue weighted by atomic mass is 9.68. The summed E-state index contributed by atoms with van der Waals surface area (Å²) in [6.45, 7) is 1.01. The van der Waals surface area contributed by atoms with E-state index in [9.17, 15) is 14.4 Å². The fraction of sp³-hybridized carbons (Fsp3) is 0.471. The lowest BCUT2D eigenvalue weighted by Gasteiger charge is -2.51. The van der Waals surface area contributed by atoms with Gasteiger partial charge in [0.05, 0.1) is 11.1 Å². The monoisotopic (exact) mass is 364 g/mol. The smallest absolute Gasteiger partial charge is 0.319 e. The Bertz CT molecular complexity index is 733. The van der Waals surface area contributed by atoms with Crippen molar-refractivity contribution in [1.29, 1.82) is 0 Å². The predicted octanol–water partition coefficient (Wildman–Crippen LogP) is 1.79. The SMILES string of the molecule is Cl.O=C(Nc1ccc2c(c1)C(=O)NC2=O)NC1CCCNC12CCC2. The summed E-state index contributed by atoms with van der Waals surface area (Å²) in [5, 5.41) is 11.6. The fourth-order valence-electron chi connectivity index (χ4n) is 3.91. The minimum absolute atomic E-state index is 0. The highest BCUT2D eigenvalue weighted by Gasteiger charge is 2.45. The molecule has 0 radical (unpaired) electrons. The van der Waals surface area contributed by atoms with Gasteiger partial charge in [0.15, 0.2) is 0 Å². The Labute approximate surface area is 151 Å². The van der Waals surface area contributed by atoms with Crippen LogP contribution in [0.1, 0.15) is 52.8 Å². The first-order chi connectivity index (χ1) is 11.6. The molecule has 2 aliphatic heterocycles. The molecule has 4 amide bonds. The molecule has 134 valence electrons. The first-order valence-corrected chi connectivity index (χ1v) is 8.40. The maximum absolute atomic E-state index is 12.3. The third-order valence-electron chi connectivity index (χ3n) is 5.36. The molecular weight excluding hydrogens is 344 g/mol.